The van der Waals surface area contributed by atoms with Gasteiger partial charge in [-0.1, -0.05) is 12.7 Å². The van der Waals surface area contributed by atoms with Gasteiger partial charge in [-0.25, -0.2) is 4.79 Å². The first-order valence-electron chi connectivity index (χ1n) is 4.63. The quantitative estimate of drug-likeness (QED) is 0.785. The zero-order valence-corrected chi connectivity index (χ0v) is 8.43. The van der Waals surface area contributed by atoms with Crippen LogP contribution in [0.15, 0.2) is 24.8 Å². The second-order valence-electron chi connectivity index (χ2n) is 3.11. The van der Waals surface area contributed by atoms with Crippen molar-refractivity contribution in [1.29, 1.82) is 0 Å². The Hall–Kier alpha value is -2.17. The van der Waals surface area contributed by atoms with E-state index in [-0.39, 0.29) is 24.7 Å². The summed E-state index contributed by atoms with van der Waals surface area (Å²) in [6.45, 7) is 3.83. The fourth-order valence-electron chi connectivity index (χ4n) is 1.36. The molecule has 1 N–H and O–H groups in total. The van der Waals surface area contributed by atoms with Gasteiger partial charge in [0, 0.05) is 12.1 Å². The van der Waals surface area contributed by atoms with Crippen molar-refractivity contribution in [3.8, 4) is 17.2 Å². The molecule has 0 fully saturated rings. The molecule has 0 radical (unpaired) electrons. The second-order valence-corrected chi connectivity index (χ2v) is 3.11. The summed E-state index contributed by atoms with van der Waals surface area (Å²) < 4.78 is 15.5. The summed E-state index contributed by atoms with van der Waals surface area (Å²) in [5, 5.41) is 8.99. The highest BCUT2D eigenvalue weighted by Gasteiger charge is 2.21. The number of hydrogen-bond acceptors (Lipinski definition) is 4. The summed E-state index contributed by atoms with van der Waals surface area (Å²) in [6.07, 6.45) is 1.54. The summed E-state index contributed by atoms with van der Waals surface area (Å²) in [6, 6.07) is 2.90. The largest absolute Gasteiger partial charge is 0.488 e. The van der Waals surface area contributed by atoms with Crippen LogP contribution in [0.4, 0.5) is 0 Å². The molecule has 0 unspecified atom stereocenters. The van der Waals surface area contributed by atoms with E-state index in [1.54, 1.807) is 0 Å². The van der Waals surface area contributed by atoms with Crippen molar-refractivity contribution < 1.29 is 24.1 Å². The summed E-state index contributed by atoms with van der Waals surface area (Å²) in [5.74, 6) is 0.0847. The lowest BCUT2D eigenvalue weighted by molar-refractivity contribution is 0.0692. The van der Waals surface area contributed by atoms with E-state index in [1.165, 1.54) is 18.2 Å². The maximum Gasteiger partial charge on any atom is 0.339 e. The van der Waals surface area contributed by atoms with Gasteiger partial charge < -0.3 is 19.3 Å². The molecule has 0 spiro atoms. The first-order chi connectivity index (χ1) is 7.72. The van der Waals surface area contributed by atoms with Crippen molar-refractivity contribution in [2.75, 3.05) is 13.4 Å². The fraction of sp³-hybridized carbons (Fsp3) is 0.182. The van der Waals surface area contributed by atoms with E-state index in [0.717, 1.165) is 0 Å². The number of rotatable bonds is 4. The number of fused-ring (bicyclic) bond motifs is 1. The maximum atomic E-state index is 11.0. The Morgan fingerprint density at radius 3 is 2.81 bits per heavy atom. The van der Waals surface area contributed by atoms with Crippen LogP contribution in [0.5, 0.6) is 17.2 Å². The number of carbonyl (C=O) groups is 1. The maximum absolute atomic E-state index is 11.0. The molecule has 16 heavy (non-hydrogen) atoms. The lowest BCUT2D eigenvalue weighted by atomic mass is 10.2. The highest BCUT2D eigenvalue weighted by atomic mass is 16.7. The summed E-state index contributed by atoms with van der Waals surface area (Å²) in [5.41, 5.74) is 0.0473. The average molecular weight is 222 g/mol. The van der Waals surface area contributed by atoms with Crippen molar-refractivity contribution in [1.82, 2.24) is 0 Å². The zero-order chi connectivity index (χ0) is 11.5. The molecule has 0 bridgehead atoms. The second kappa shape index (κ2) is 4.14. The molecule has 0 atom stereocenters. The number of carboxylic acid groups (broad SMARTS) is 1. The van der Waals surface area contributed by atoms with Crippen LogP contribution < -0.4 is 14.2 Å². The molecule has 2 rings (SSSR count). The number of aromatic carboxylic acids is 1. The third kappa shape index (κ3) is 1.79. The average Bonchev–Trinajstić information content (AvgIpc) is 2.71. The third-order valence-electron chi connectivity index (χ3n) is 2.06. The molecule has 84 valence electrons. The van der Waals surface area contributed by atoms with Crippen molar-refractivity contribution in [2.24, 2.45) is 0 Å². The smallest absolute Gasteiger partial charge is 0.339 e. The molecule has 1 heterocycles. The van der Waals surface area contributed by atoms with Crippen LogP contribution in [0, 0.1) is 0 Å². The summed E-state index contributed by atoms with van der Waals surface area (Å²) in [7, 11) is 0. The van der Waals surface area contributed by atoms with E-state index < -0.39 is 5.97 Å². The monoisotopic (exact) mass is 222 g/mol. The van der Waals surface area contributed by atoms with Crippen molar-refractivity contribution in [3.63, 3.8) is 0 Å². The van der Waals surface area contributed by atoms with Gasteiger partial charge >= 0.3 is 5.97 Å². The lowest BCUT2D eigenvalue weighted by Gasteiger charge is -2.08. The minimum absolute atomic E-state index is 0.0473. The van der Waals surface area contributed by atoms with Crippen LogP contribution in [0.25, 0.3) is 0 Å². The molecule has 0 saturated heterocycles. The Bertz CT molecular complexity index is 438. The normalized spacial score (nSPS) is 12.2. The third-order valence-corrected chi connectivity index (χ3v) is 2.06. The standard InChI is InChI=1S/C11H10O5/c1-2-3-14-8-5-10-9(15-6-16-10)4-7(8)11(12)13/h2,4-5H,1,3,6H2,(H,12,13). The van der Waals surface area contributed by atoms with E-state index in [0.29, 0.717) is 11.5 Å². The Morgan fingerprint density at radius 2 is 2.19 bits per heavy atom. The molecule has 0 amide bonds. The van der Waals surface area contributed by atoms with E-state index in [2.05, 4.69) is 6.58 Å². The van der Waals surface area contributed by atoms with E-state index in [4.69, 9.17) is 19.3 Å². The Morgan fingerprint density at radius 1 is 1.50 bits per heavy atom. The van der Waals surface area contributed by atoms with Gasteiger partial charge in [-0.15, -0.1) is 0 Å². The van der Waals surface area contributed by atoms with Crippen LogP contribution in [0.3, 0.4) is 0 Å². The number of hydrogen-bond donors (Lipinski definition) is 1. The predicted octanol–water partition coefficient (Wildman–Crippen LogP) is 1.68. The van der Waals surface area contributed by atoms with E-state index >= 15 is 0 Å². The van der Waals surface area contributed by atoms with E-state index in [9.17, 15) is 4.79 Å². The van der Waals surface area contributed by atoms with Crippen LogP contribution in [0.2, 0.25) is 0 Å². The van der Waals surface area contributed by atoms with Gasteiger partial charge in [-0.2, -0.15) is 0 Å². The van der Waals surface area contributed by atoms with Crippen molar-refractivity contribution >= 4 is 5.97 Å². The molecule has 5 heteroatoms. The Kier molecular flexibility index (Phi) is 2.68. The van der Waals surface area contributed by atoms with Gasteiger partial charge in [0.25, 0.3) is 0 Å². The Balaban J connectivity index is 2.40. The molecule has 5 nitrogen and oxygen atoms in total. The minimum Gasteiger partial charge on any atom is -0.488 e. The van der Waals surface area contributed by atoms with Gasteiger partial charge in [-0.3, -0.25) is 0 Å². The molecule has 1 aliphatic rings. The van der Waals surface area contributed by atoms with Crippen LogP contribution in [0.1, 0.15) is 10.4 Å². The molecular formula is C11H10O5. The number of carboxylic acids is 1. The lowest BCUT2D eigenvalue weighted by Crippen LogP contribution is -2.03. The highest BCUT2D eigenvalue weighted by molar-refractivity contribution is 5.92. The summed E-state index contributed by atoms with van der Waals surface area (Å²) in [4.78, 5) is 11.0. The van der Waals surface area contributed by atoms with Crippen LogP contribution in [-0.2, 0) is 0 Å². The van der Waals surface area contributed by atoms with Gasteiger partial charge in [0.2, 0.25) is 6.79 Å². The van der Waals surface area contributed by atoms with Gasteiger partial charge in [0.1, 0.15) is 17.9 Å². The van der Waals surface area contributed by atoms with Crippen LogP contribution in [-0.4, -0.2) is 24.5 Å². The minimum atomic E-state index is -1.07. The number of ether oxygens (including phenoxy) is 3. The van der Waals surface area contributed by atoms with E-state index in [1.807, 2.05) is 0 Å². The zero-order valence-electron chi connectivity index (χ0n) is 8.43. The SMILES string of the molecule is C=CCOc1cc2c(cc1C(=O)O)OCO2. The molecule has 0 saturated carbocycles. The first-order valence-corrected chi connectivity index (χ1v) is 4.63. The number of benzene rings is 1. The van der Waals surface area contributed by atoms with Crippen molar-refractivity contribution in [2.45, 2.75) is 0 Å². The fourth-order valence-corrected chi connectivity index (χ4v) is 1.36. The first kappa shape index (κ1) is 10.4. The molecule has 0 aliphatic carbocycles. The highest BCUT2D eigenvalue weighted by Crippen LogP contribution is 2.38. The van der Waals surface area contributed by atoms with Gasteiger partial charge in [0.15, 0.2) is 11.5 Å². The molecular weight excluding hydrogens is 212 g/mol. The van der Waals surface area contributed by atoms with Crippen molar-refractivity contribution in [3.05, 3.63) is 30.4 Å². The molecule has 1 aliphatic heterocycles. The summed E-state index contributed by atoms with van der Waals surface area (Å²) >= 11 is 0. The molecule has 1 aromatic rings. The predicted molar refractivity (Wildman–Crippen MR) is 55.2 cm³/mol. The Labute approximate surface area is 91.9 Å². The van der Waals surface area contributed by atoms with Crippen LogP contribution >= 0.6 is 0 Å². The topological polar surface area (TPSA) is 65.0 Å². The molecule has 0 aromatic heterocycles. The van der Waals surface area contributed by atoms with Gasteiger partial charge in [-0.05, 0) is 0 Å². The van der Waals surface area contributed by atoms with Gasteiger partial charge in [0.05, 0.1) is 0 Å². The molecule has 1 aromatic carbocycles.